The van der Waals surface area contributed by atoms with E-state index in [1.165, 1.54) is 10.6 Å². The summed E-state index contributed by atoms with van der Waals surface area (Å²) in [4.78, 5) is 8.08. The van der Waals surface area contributed by atoms with Crippen LogP contribution >= 0.6 is 11.8 Å². The second-order valence-electron chi connectivity index (χ2n) is 5.75. The lowest BCUT2D eigenvalue weighted by Gasteiger charge is -2.30. The van der Waals surface area contributed by atoms with Gasteiger partial charge in [0.25, 0.3) is 0 Å². The van der Waals surface area contributed by atoms with Crippen LogP contribution in [0, 0.1) is 5.92 Å². The molecular weight excluding hydrogens is 282 g/mol. The largest absolute Gasteiger partial charge is 0.399 e. The number of fused-ring (bicyclic) bond motifs is 1. The van der Waals surface area contributed by atoms with Gasteiger partial charge in [-0.15, -0.1) is 11.8 Å². The van der Waals surface area contributed by atoms with Gasteiger partial charge < -0.3 is 10.6 Å². The highest BCUT2D eigenvalue weighted by Gasteiger charge is 2.19. The molecule has 2 aromatic rings. The molecule has 6 heteroatoms. The molecule has 0 spiro atoms. The van der Waals surface area contributed by atoms with E-state index in [0.717, 1.165) is 36.9 Å². The maximum atomic E-state index is 5.94. The predicted octanol–water partition coefficient (Wildman–Crippen LogP) is 2.63. The maximum Gasteiger partial charge on any atom is 0.146 e. The Kier molecular flexibility index (Phi) is 4.05. The zero-order valence-electron chi connectivity index (χ0n) is 12.5. The van der Waals surface area contributed by atoms with Crippen LogP contribution in [0.3, 0.4) is 0 Å². The van der Waals surface area contributed by atoms with Crippen molar-refractivity contribution in [1.29, 1.82) is 0 Å². The summed E-state index contributed by atoms with van der Waals surface area (Å²) in [5, 5.41) is 4.34. The fourth-order valence-corrected chi connectivity index (χ4v) is 3.57. The van der Waals surface area contributed by atoms with Crippen LogP contribution in [-0.2, 0) is 13.1 Å². The SMILES string of the molecule is CC(C)Cn1ncnc1CN1CCSc2ccc(N)cc21. The van der Waals surface area contributed by atoms with E-state index < -0.39 is 0 Å². The average Bonchev–Trinajstić information content (AvgIpc) is 2.86. The third-order valence-corrected chi connectivity index (χ3v) is 4.55. The Labute approximate surface area is 129 Å². The van der Waals surface area contributed by atoms with Crippen LogP contribution in [0.25, 0.3) is 0 Å². The molecule has 21 heavy (non-hydrogen) atoms. The fraction of sp³-hybridized carbons (Fsp3) is 0.467. The topological polar surface area (TPSA) is 60.0 Å². The van der Waals surface area contributed by atoms with E-state index in [2.05, 4.69) is 41.0 Å². The molecule has 3 rings (SSSR count). The number of hydrogen-bond acceptors (Lipinski definition) is 5. The first-order valence-corrected chi connectivity index (χ1v) is 8.26. The molecule has 1 aliphatic heterocycles. The molecule has 0 saturated heterocycles. The molecule has 1 aromatic carbocycles. The van der Waals surface area contributed by atoms with Gasteiger partial charge in [0, 0.05) is 29.4 Å². The van der Waals surface area contributed by atoms with E-state index in [4.69, 9.17) is 5.73 Å². The number of rotatable bonds is 4. The van der Waals surface area contributed by atoms with Crippen molar-refractivity contribution >= 4 is 23.1 Å². The van der Waals surface area contributed by atoms with Crippen molar-refractivity contribution in [2.75, 3.05) is 22.9 Å². The standard InChI is InChI=1S/C15H21N5S/c1-11(2)8-20-15(17-10-18-20)9-19-5-6-21-14-4-3-12(16)7-13(14)19/h3-4,7,10-11H,5-6,8-9,16H2,1-2H3. The minimum atomic E-state index is 0.560. The van der Waals surface area contributed by atoms with Crippen LogP contribution in [0.1, 0.15) is 19.7 Å². The van der Waals surface area contributed by atoms with Gasteiger partial charge in [-0.25, -0.2) is 9.67 Å². The van der Waals surface area contributed by atoms with Crippen LogP contribution in [0.4, 0.5) is 11.4 Å². The normalized spacial score (nSPS) is 14.5. The van der Waals surface area contributed by atoms with Crippen molar-refractivity contribution in [1.82, 2.24) is 14.8 Å². The van der Waals surface area contributed by atoms with E-state index in [1.54, 1.807) is 6.33 Å². The molecule has 0 radical (unpaired) electrons. The summed E-state index contributed by atoms with van der Waals surface area (Å²) in [6.45, 7) is 7.08. The van der Waals surface area contributed by atoms with Gasteiger partial charge in [-0.2, -0.15) is 5.10 Å². The highest BCUT2D eigenvalue weighted by Crippen LogP contribution is 2.36. The van der Waals surface area contributed by atoms with Crippen molar-refractivity contribution in [2.45, 2.75) is 31.8 Å². The Morgan fingerprint density at radius 1 is 1.38 bits per heavy atom. The summed E-state index contributed by atoms with van der Waals surface area (Å²) < 4.78 is 2.01. The minimum Gasteiger partial charge on any atom is -0.399 e. The zero-order chi connectivity index (χ0) is 14.8. The van der Waals surface area contributed by atoms with Gasteiger partial charge in [-0.1, -0.05) is 13.8 Å². The van der Waals surface area contributed by atoms with Gasteiger partial charge in [0.15, 0.2) is 0 Å². The number of thioether (sulfide) groups is 1. The summed E-state index contributed by atoms with van der Waals surface area (Å²) in [6.07, 6.45) is 1.65. The maximum absolute atomic E-state index is 5.94. The van der Waals surface area contributed by atoms with Gasteiger partial charge in [-0.3, -0.25) is 0 Å². The molecule has 1 aliphatic rings. The molecule has 0 aliphatic carbocycles. The van der Waals surface area contributed by atoms with Gasteiger partial charge in [0.05, 0.1) is 12.2 Å². The lowest BCUT2D eigenvalue weighted by atomic mass is 10.2. The number of nitrogens with two attached hydrogens (primary N) is 1. The summed E-state index contributed by atoms with van der Waals surface area (Å²) in [7, 11) is 0. The van der Waals surface area contributed by atoms with Gasteiger partial charge in [0.1, 0.15) is 12.2 Å². The first-order valence-electron chi connectivity index (χ1n) is 7.27. The lowest BCUT2D eigenvalue weighted by molar-refractivity contribution is 0.464. The van der Waals surface area contributed by atoms with Crippen LogP contribution in [-0.4, -0.2) is 27.1 Å². The summed E-state index contributed by atoms with van der Waals surface area (Å²) in [6, 6.07) is 6.14. The van der Waals surface area contributed by atoms with Gasteiger partial charge in [0.2, 0.25) is 0 Å². The third kappa shape index (κ3) is 3.15. The van der Waals surface area contributed by atoms with Crippen LogP contribution < -0.4 is 10.6 Å². The molecule has 5 nitrogen and oxygen atoms in total. The van der Waals surface area contributed by atoms with Gasteiger partial charge in [-0.05, 0) is 24.1 Å². The number of nitrogens with zero attached hydrogens (tertiary/aromatic N) is 4. The average molecular weight is 303 g/mol. The molecule has 2 N–H and O–H groups in total. The summed E-state index contributed by atoms with van der Waals surface area (Å²) >= 11 is 1.89. The van der Waals surface area contributed by atoms with Crippen LogP contribution in [0.15, 0.2) is 29.4 Å². The van der Waals surface area contributed by atoms with E-state index in [0.29, 0.717) is 5.92 Å². The minimum absolute atomic E-state index is 0.560. The molecule has 0 saturated carbocycles. The summed E-state index contributed by atoms with van der Waals surface area (Å²) in [5.74, 6) is 2.67. The highest BCUT2D eigenvalue weighted by atomic mass is 32.2. The molecule has 0 unspecified atom stereocenters. The van der Waals surface area contributed by atoms with Crippen molar-refractivity contribution < 1.29 is 0 Å². The van der Waals surface area contributed by atoms with Crippen molar-refractivity contribution in [3.63, 3.8) is 0 Å². The second kappa shape index (κ2) is 5.97. The molecule has 0 atom stereocenters. The Morgan fingerprint density at radius 2 is 2.24 bits per heavy atom. The molecular formula is C15H21N5S. The Hall–Kier alpha value is -1.69. The third-order valence-electron chi connectivity index (χ3n) is 3.51. The monoisotopic (exact) mass is 303 g/mol. The molecule has 0 bridgehead atoms. The molecule has 112 valence electrons. The molecule has 0 fully saturated rings. The first kappa shape index (κ1) is 14.3. The smallest absolute Gasteiger partial charge is 0.146 e. The summed E-state index contributed by atoms with van der Waals surface area (Å²) in [5.41, 5.74) is 7.97. The van der Waals surface area contributed by atoms with Crippen molar-refractivity contribution in [2.24, 2.45) is 5.92 Å². The number of hydrogen-bond donors (Lipinski definition) is 1. The number of benzene rings is 1. The predicted molar refractivity (Wildman–Crippen MR) is 87.5 cm³/mol. The van der Waals surface area contributed by atoms with Gasteiger partial charge >= 0.3 is 0 Å². The van der Waals surface area contributed by atoms with E-state index in [1.807, 2.05) is 22.5 Å². The number of nitrogen functional groups attached to an aromatic ring is 1. The Bertz CT molecular complexity index is 622. The molecule has 2 heterocycles. The highest BCUT2D eigenvalue weighted by molar-refractivity contribution is 7.99. The van der Waals surface area contributed by atoms with Crippen molar-refractivity contribution in [3.8, 4) is 0 Å². The number of anilines is 2. The lowest BCUT2D eigenvalue weighted by Crippen LogP contribution is -2.30. The fourth-order valence-electron chi connectivity index (χ4n) is 2.53. The molecule has 0 amide bonds. The van der Waals surface area contributed by atoms with Crippen LogP contribution in [0.5, 0.6) is 0 Å². The van der Waals surface area contributed by atoms with Crippen molar-refractivity contribution in [3.05, 3.63) is 30.4 Å². The zero-order valence-corrected chi connectivity index (χ0v) is 13.3. The quantitative estimate of drug-likeness (QED) is 0.880. The Morgan fingerprint density at radius 3 is 3.05 bits per heavy atom. The Balaban J connectivity index is 1.84. The second-order valence-corrected chi connectivity index (χ2v) is 6.89. The van der Waals surface area contributed by atoms with E-state index >= 15 is 0 Å². The van der Waals surface area contributed by atoms with E-state index in [-0.39, 0.29) is 0 Å². The van der Waals surface area contributed by atoms with Crippen LogP contribution in [0.2, 0.25) is 0 Å². The number of aromatic nitrogens is 3. The molecule has 1 aromatic heterocycles. The van der Waals surface area contributed by atoms with E-state index in [9.17, 15) is 0 Å². The first-order chi connectivity index (χ1) is 10.1.